The Hall–Kier alpha value is -0.340. The van der Waals surface area contributed by atoms with E-state index in [2.05, 4.69) is 6.58 Å². The minimum Gasteiger partial charge on any atom is -0.346 e. The summed E-state index contributed by atoms with van der Waals surface area (Å²) >= 11 is 0. The number of hydrogen-bond donors (Lipinski definition) is 0. The highest BCUT2D eigenvalue weighted by molar-refractivity contribution is 5.28. The van der Waals surface area contributed by atoms with Crippen molar-refractivity contribution < 1.29 is 9.47 Å². The second kappa shape index (κ2) is 1.58. The molecule has 9 heavy (non-hydrogen) atoms. The van der Waals surface area contributed by atoms with Crippen LogP contribution in [0, 0.1) is 0 Å². The first kappa shape index (κ1) is 5.45. The lowest BCUT2D eigenvalue weighted by Crippen LogP contribution is -2.26. The molecule has 1 saturated carbocycles. The highest BCUT2D eigenvalue weighted by atomic mass is 16.7. The van der Waals surface area contributed by atoms with Gasteiger partial charge in [0, 0.05) is 6.42 Å². The number of ether oxygens (including phenoxy) is 2. The molecule has 2 rings (SSSR count). The maximum Gasteiger partial charge on any atom is 0.194 e. The summed E-state index contributed by atoms with van der Waals surface area (Å²) in [6.07, 6.45) is 1.93. The van der Waals surface area contributed by atoms with Crippen molar-refractivity contribution >= 4 is 0 Å². The zero-order chi connectivity index (χ0) is 6.32. The molecule has 2 heteroatoms. The van der Waals surface area contributed by atoms with Crippen molar-refractivity contribution in [2.75, 3.05) is 13.2 Å². The molecule has 2 fully saturated rings. The average Bonchev–Trinajstić information content (AvgIpc) is 2.44. The zero-order valence-corrected chi connectivity index (χ0v) is 5.35. The first-order valence-corrected chi connectivity index (χ1v) is 3.30. The standard InChI is InChI=1S/C7H10O2/c1-6-5-7(6)8-3-2-4-9-7/h1-5H2. The average molecular weight is 126 g/mol. The highest BCUT2D eigenvalue weighted by Crippen LogP contribution is 2.47. The van der Waals surface area contributed by atoms with E-state index in [-0.39, 0.29) is 5.79 Å². The van der Waals surface area contributed by atoms with Gasteiger partial charge in [-0.05, 0) is 12.0 Å². The molecule has 0 amide bonds. The van der Waals surface area contributed by atoms with E-state index in [9.17, 15) is 0 Å². The van der Waals surface area contributed by atoms with Crippen molar-refractivity contribution in [3.05, 3.63) is 12.2 Å². The third-order valence-corrected chi connectivity index (χ3v) is 1.82. The van der Waals surface area contributed by atoms with Gasteiger partial charge in [-0.2, -0.15) is 0 Å². The number of rotatable bonds is 0. The first-order valence-electron chi connectivity index (χ1n) is 3.30. The van der Waals surface area contributed by atoms with Crippen LogP contribution in [0.25, 0.3) is 0 Å². The first-order chi connectivity index (χ1) is 4.33. The van der Waals surface area contributed by atoms with Crippen LogP contribution in [-0.2, 0) is 9.47 Å². The summed E-state index contributed by atoms with van der Waals surface area (Å²) in [5.74, 6) is -0.307. The minimum atomic E-state index is -0.307. The van der Waals surface area contributed by atoms with Crippen LogP contribution in [-0.4, -0.2) is 19.0 Å². The Kier molecular flexibility index (Phi) is 0.957. The molecule has 1 spiro atoms. The van der Waals surface area contributed by atoms with Gasteiger partial charge < -0.3 is 9.47 Å². The predicted octanol–water partition coefficient (Wildman–Crippen LogP) is 1.08. The fourth-order valence-corrected chi connectivity index (χ4v) is 1.12. The monoisotopic (exact) mass is 126 g/mol. The molecule has 1 saturated heterocycles. The summed E-state index contributed by atoms with van der Waals surface area (Å²) < 4.78 is 10.7. The second-order valence-electron chi connectivity index (χ2n) is 2.58. The lowest BCUT2D eigenvalue weighted by Gasteiger charge is -2.21. The van der Waals surface area contributed by atoms with Crippen LogP contribution < -0.4 is 0 Å². The minimum absolute atomic E-state index is 0.307. The molecule has 50 valence electrons. The van der Waals surface area contributed by atoms with Crippen LogP contribution >= 0.6 is 0 Å². The molecule has 0 atom stereocenters. The fraction of sp³-hybridized carbons (Fsp3) is 0.714. The van der Waals surface area contributed by atoms with Crippen LogP contribution in [0.3, 0.4) is 0 Å². The van der Waals surface area contributed by atoms with Crippen molar-refractivity contribution in [2.45, 2.75) is 18.6 Å². The van der Waals surface area contributed by atoms with Crippen LogP contribution in [0.2, 0.25) is 0 Å². The third-order valence-electron chi connectivity index (χ3n) is 1.82. The van der Waals surface area contributed by atoms with Crippen LogP contribution in [0.5, 0.6) is 0 Å². The van der Waals surface area contributed by atoms with Crippen LogP contribution in [0.4, 0.5) is 0 Å². The SMILES string of the molecule is C=C1CC12OCCCO2. The summed E-state index contributed by atoms with van der Waals surface area (Å²) in [6.45, 7) is 5.46. The maximum absolute atomic E-state index is 5.37. The molecule has 0 bridgehead atoms. The Morgan fingerprint density at radius 2 is 1.89 bits per heavy atom. The maximum atomic E-state index is 5.37. The van der Waals surface area contributed by atoms with E-state index < -0.39 is 0 Å². The quantitative estimate of drug-likeness (QED) is 0.452. The Morgan fingerprint density at radius 3 is 2.22 bits per heavy atom. The molecule has 0 aromatic carbocycles. The second-order valence-corrected chi connectivity index (χ2v) is 2.58. The van der Waals surface area contributed by atoms with Gasteiger partial charge in [0.15, 0.2) is 5.79 Å². The van der Waals surface area contributed by atoms with Crippen molar-refractivity contribution in [1.82, 2.24) is 0 Å². The third kappa shape index (κ3) is 0.705. The van der Waals surface area contributed by atoms with Crippen molar-refractivity contribution in [3.63, 3.8) is 0 Å². The van der Waals surface area contributed by atoms with Gasteiger partial charge in [-0.3, -0.25) is 0 Å². The largest absolute Gasteiger partial charge is 0.346 e. The van der Waals surface area contributed by atoms with Gasteiger partial charge in [0.2, 0.25) is 0 Å². The zero-order valence-electron chi connectivity index (χ0n) is 5.35. The summed E-state index contributed by atoms with van der Waals surface area (Å²) in [6, 6.07) is 0. The fourth-order valence-electron chi connectivity index (χ4n) is 1.12. The Labute approximate surface area is 54.5 Å². The molecular formula is C7H10O2. The molecule has 1 heterocycles. The summed E-state index contributed by atoms with van der Waals surface area (Å²) in [7, 11) is 0. The molecule has 0 aromatic rings. The van der Waals surface area contributed by atoms with E-state index in [4.69, 9.17) is 9.47 Å². The van der Waals surface area contributed by atoms with E-state index in [0.29, 0.717) is 0 Å². The van der Waals surface area contributed by atoms with E-state index in [1.807, 2.05) is 0 Å². The summed E-state index contributed by atoms with van der Waals surface area (Å²) in [4.78, 5) is 0. The van der Waals surface area contributed by atoms with Gasteiger partial charge >= 0.3 is 0 Å². The topological polar surface area (TPSA) is 18.5 Å². The molecule has 0 N–H and O–H groups in total. The van der Waals surface area contributed by atoms with Gasteiger partial charge in [0.05, 0.1) is 13.2 Å². The van der Waals surface area contributed by atoms with Gasteiger partial charge in [-0.15, -0.1) is 0 Å². The predicted molar refractivity (Wildman–Crippen MR) is 33.0 cm³/mol. The van der Waals surface area contributed by atoms with E-state index >= 15 is 0 Å². The molecule has 1 aliphatic heterocycles. The number of hydrogen-bond acceptors (Lipinski definition) is 2. The van der Waals surface area contributed by atoms with E-state index in [1.54, 1.807) is 0 Å². The summed E-state index contributed by atoms with van der Waals surface area (Å²) in [5.41, 5.74) is 1.10. The Bertz CT molecular complexity index is 145. The smallest absolute Gasteiger partial charge is 0.194 e. The van der Waals surface area contributed by atoms with Crippen molar-refractivity contribution in [1.29, 1.82) is 0 Å². The Morgan fingerprint density at radius 1 is 1.33 bits per heavy atom. The highest BCUT2D eigenvalue weighted by Gasteiger charge is 2.51. The molecule has 0 radical (unpaired) electrons. The van der Waals surface area contributed by atoms with Gasteiger partial charge in [0.25, 0.3) is 0 Å². The molecular weight excluding hydrogens is 116 g/mol. The molecule has 0 unspecified atom stereocenters. The molecule has 1 aliphatic carbocycles. The molecule has 2 nitrogen and oxygen atoms in total. The Balaban J connectivity index is 2.04. The van der Waals surface area contributed by atoms with Gasteiger partial charge in [0.1, 0.15) is 0 Å². The van der Waals surface area contributed by atoms with E-state index in [1.165, 1.54) is 0 Å². The van der Waals surface area contributed by atoms with Crippen molar-refractivity contribution in [2.24, 2.45) is 0 Å². The van der Waals surface area contributed by atoms with Gasteiger partial charge in [-0.25, -0.2) is 0 Å². The summed E-state index contributed by atoms with van der Waals surface area (Å²) in [5, 5.41) is 0. The lowest BCUT2D eigenvalue weighted by molar-refractivity contribution is -0.191. The van der Waals surface area contributed by atoms with Gasteiger partial charge in [-0.1, -0.05) is 6.58 Å². The molecule has 0 aromatic heterocycles. The normalized spacial score (nSPS) is 30.9. The molecule has 2 aliphatic rings. The van der Waals surface area contributed by atoms with E-state index in [0.717, 1.165) is 31.6 Å². The lowest BCUT2D eigenvalue weighted by atomic mass is 10.4. The van der Waals surface area contributed by atoms with Crippen LogP contribution in [0.1, 0.15) is 12.8 Å². The van der Waals surface area contributed by atoms with Crippen LogP contribution in [0.15, 0.2) is 12.2 Å². The van der Waals surface area contributed by atoms with Crippen molar-refractivity contribution in [3.8, 4) is 0 Å².